The zero-order chi connectivity index (χ0) is 15.1. The second-order valence-electron chi connectivity index (χ2n) is 4.64. The third-order valence-electron chi connectivity index (χ3n) is 2.96. The van der Waals surface area contributed by atoms with Crippen molar-refractivity contribution in [2.24, 2.45) is 0 Å². The molecule has 2 aromatic rings. The minimum atomic E-state index is -0.140. The van der Waals surface area contributed by atoms with Gasteiger partial charge >= 0.3 is 0 Å². The van der Waals surface area contributed by atoms with Gasteiger partial charge in [0.25, 0.3) is 5.91 Å². The van der Waals surface area contributed by atoms with Gasteiger partial charge in [0, 0.05) is 22.9 Å². The van der Waals surface area contributed by atoms with Crippen molar-refractivity contribution in [3.63, 3.8) is 0 Å². The van der Waals surface area contributed by atoms with E-state index in [9.17, 15) is 4.79 Å². The molecule has 2 N–H and O–H groups in total. The maximum Gasteiger partial charge on any atom is 0.269 e. The number of para-hydroxylation sites is 1. The van der Waals surface area contributed by atoms with E-state index in [1.807, 2.05) is 30.3 Å². The summed E-state index contributed by atoms with van der Waals surface area (Å²) in [5, 5.41) is 6.13. The molecule has 1 amide bonds. The summed E-state index contributed by atoms with van der Waals surface area (Å²) in [6, 6.07) is 11.4. The maximum atomic E-state index is 12.0. The van der Waals surface area contributed by atoms with Crippen molar-refractivity contribution in [1.82, 2.24) is 10.3 Å². The quantitative estimate of drug-likeness (QED) is 0.772. The highest BCUT2D eigenvalue weighted by Crippen LogP contribution is 2.25. The number of nitrogens with zero attached hydrogens (tertiary/aromatic N) is 1. The number of halogens is 1. The van der Waals surface area contributed by atoms with Crippen molar-refractivity contribution in [1.29, 1.82) is 0 Å². The molecule has 110 valence electrons. The van der Waals surface area contributed by atoms with Crippen LogP contribution in [0.25, 0.3) is 0 Å². The average molecular weight is 348 g/mol. The normalized spacial score (nSPS) is 10.2. The van der Waals surface area contributed by atoms with Crippen LogP contribution in [0, 0.1) is 0 Å². The number of hydrogen-bond donors (Lipinski definition) is 2. The molecule has 0 unspecified atom stereocenters. The lowest BCUT2D eigenvalue weighted by Crippen LogP contribution is -2.25. The SMILES string of the molecule is CCCCNC(=O)c1cc(Nc2ccccc2Br)ccn1. The molecule has 1 aromatic carbocycles. The Hall–Kier alpha value is -1.88. The van der Waals surface area contributed by atoms with Gasteiger partial charge in [-0.15, -0.1) is 0 Å². The molecule has 0 atom stereocenters. The van der Waals surface area contributed by atoms with Crippen LogP contribution in [0.15, 0.2) is 47.1 Å². The molecule has 0 aliphatic carbocycles. The van der Waals surface area contributed by atoms with Gasteiger partial charge < -0.3 is 10.6 Å². The molecule has 0 bridgehead atoms. The molecule has 0 saturated heterocycles. The summed E-state index contributed by atoms with van der Waals surface area (Å²) >= 11 is 3.49. The van der Waals surface area contributed by atoms with E-state index in [1.54, 1.807) is 12.3 Å². The van der Waals surface area contributed by atoms with Crippen LogP contribution in [-0.2, 0) is 0 Å². The van der Waals surface area contributed by atoms with E-state index in [1.165, 1.54) is 0 Å². The van der Waals surface area contributed by atoms with E-state index >= 15 is 0 Å². The van der Waals surface area contributed by atoms with Crippen LogP contribution in [0.5, 0.6) is 0 Å². The highest BCUT2D eigenvalue weighted by Gasteiger charge is 2.07. The van der Waals surface area contributed by atoms with Crippen LogP contribution < -0.4 is 10.6 Å². The molecule has 4 nitrogen and oxygen atoms in total. The molecule has 0 spiro atoms. The summed E-state index contributed by atoms with van der Waals surface area (Å²) in [5.41, 5.74) is 2.20. The van der Waals surface area contributed by atoms with Crippen LogP contribution in [0.3, 0.4) is 0 Å². The second kappa shape index (κ2) is 7.78. The Morgan fingerprint density at radius 2 is 2.10 bits per heavy atom. The monoisotopic (exact) mass is 347 g/mol. The lowest BCUT2D eigenvalue weighted by atomic mass is 10.2. The molecular weight excluding hydrogens is 330 g/mol. The minimum Gasteiger partial charge on any atom is -0.354 e. The van der Waals surface area contributed by atoms with E-state index in [0.717, 1.165) is 28.7 Å². The molecule has 0 saturated carbocycles. The van der Waals surface area contributed by atoms with E-state index in [-0.39, 0.29) is 5.91 Å². The van der Waals surface area contributed by atoms with E-state index in [4.69, 9.17) is 0 Å². The standard InChI is InChI=1S/C16H18BrN3O/c1-2-3-9-19-16(21)15-11-12(8-10-18-15)20-14-7-5-4-6-13(14)17/h4-8,10-11H,2-3,9H2,1H3,(H,18,20)(H,19,21). The van der Waals surface area contributed by atoms with Gasteiger partial charge in [0.1, 0.15) is 5.69 Å². The van der Waals surface area contributed by atoms with Crippen molar-refractivity contribution >= 4 is 33.2 Å². The Labute approximate surface area is 133 Å². The first-order chi connectivity index (χ1) is 10.2. The highest BCUT2D eigenvalue weighted by atomic mass is 79.9. The third kappa shape index (κ3) is 4.56. The lowest BCUT2D eigenvalue weighted by molar-refractivity contribution is 0.0948. The van der Waals surface area contributed by atoms with Gasteiger partial charge in [-0.05, 0) is 46.6 Å². The molecule has 0 radical (unpaired) electrons. The molecule has 5 heteroatoms. The molecule has 2 rings (SSSR count). The van der Waals surface area contributed by atoms with Crippen molar-refractivity contribution in [3.05, 3.63) is 52.8 Å². The largest absolute Gasteiger partial charge is 0.354 e. The van der Waals surface area contributed by atoms with Crippen molar-refractivity contribution in [2.75, 3.05) is 11.9 Å². The second-order valence-corrected chi connectivity index (χ2v) is 5.50. The predicted molar refractivity (Wildman–Crippen MR) is 88.9 cm³/mol. The summed E-state index contributed by atoms with van der Waals surface area (Å²) in [5.74, 6) is -0.140. The summed E-state index contributed by atoms with van der Waals surface area (Å²) in [6.45, 7) is 2.77. The van der Waals surface area contributed by atoms with Crippen molar-refractivity contribution < 1.29 is 4.79 Å². The summed E-state index contributed by atoms with van der Waals surface area (Å²) in [4.78, 5) is 16.1. The first-order valence-corrected chi connectivity index (χ1v) is 7.76. The van der Waals surface area contributed by atoms with Crippen LogP contribution in [0.1, 0.15) is 30.3 Å². The number of rotatable bonds is 6. The van der Waals surface area contributed by atoms with Gasteiger partial charge in [-0.3, -0.25) is 9.78 Å². The van der Waals surface area contributed by atoms with Crippen LogP contribution in [-0.4, -0.2) is 17.4 Å². The number of unbranched alkanes of at least 4 members (excludes halogenated alkanes) is 1. The fourth-order valence-electron chi connectivity index (χ4n) is 1.82. The predicted octanol–water partition coefficient (Wildman–Crippen LogP) is 4.12. The fourth-order valence-corrected chi connectivity index (χ4v) is 2.20. The Bertz CT molecular complexity index is 616. The van der Waals surface area contributed by atoms with E-state index in [2.05, 4.69) is 38.5 Å². The van der Waals surface area contributed by atoms with Crippen LogP contribution in [0.2, 0.25) is 0 Å². The molecule has 1 aromatic heterocycles. The van der Waals surface area contributed by atoms with Gasteiger partial charge in [0.15, 0.2) is 0 Å². The van der Waals surface area contributed by atoms with Gasteiger partial charge in [-0.2, -0.15) is 0 Å². The van der Waals surface area contributed by atoms with Crippen LogP contribution in [0.4, 0.5) is 11.4 Å². The first-order valence-electron chi connectivity index (χ1n) is 6.96. The smallest absolute Gasteiger partial charge is 0.269 e. The van der Waals surface area contributed by atoms with Gasteiger partial charge in [-0.1, -0.05) is 25.5 Å². The zero-order valence-corrected chi connectivity index (χ0v) is 13.5. The number of benzene rings is 1. The molecule has 1 heterocycles. The Morgan fingerprint density at radius 3 is 2.86 bits per heavy atom. The third-order valence-corrected chi connectivity index (χ3v) is 3.65. The Balaban J connectivity index is 2.07. The molecule has 21 heavy (non-hydrogen) atoms. The number of amides is 1. The number of aromatic nitrogens is 1. The topological polar surface area (TPSA) is 54.0 Å². The fraction of sp³-hybridized carbons (Fsp3) is 0.250. The van der Waals surface area contributed by atoms with E-state index < -0.39 is 0 Å². The maximum absolute atomic E-state index is 12.0. The molecule has 0 aliphatic heterocycles. The Morgan fingerprint density at radius 1 is 1.29 bits per heavy atom. The Kier molecular flexibility index (Phi) is 5.75. The van der Waals surface area contributed by atoms with Gasteiger partial charge in [0.05, 0.1) is 5.69 Å². The number of anilines is 2. The number of hydrogen-bond acceptors (Lipinski definition) is 3. The number of carbonyl (C=O) groups is 1. The van der Waals surface area contributed by atoms with Crippen molar-refractivity contribution in [2.45, 2.75) is 19.8 Å². The summed E-state index contributed by atoms with van der Waals surface area (Å²) in [7, 11) is 0. The van der Waals surface area contributed by atoms with Crippen LogP contribution >= 0.6 is 15.9 Å². The number of pyridine rings is 1. The lowest BCUT2D eigenvalue weighted by Gasteiger charge is -2.09. The minimum absolute atomic E-state index is 0.140. The summed E-state index contributed by atoms with van der Waals surface area (Å²) in [6.07, 6.45) is 3.66. The first kappa shape index (κ1) is 15.5. The van der Waals surface area contributed by atoms with Gasteiger partial charge in [-0.25, -0.2) is 0 Å². The molecular formula is C16H18BrN3O. The van der Waals surface area contributed by atoms with Gasteiger partial charge in [0.2, 0.25) is 0 Å². The van der Waals surface area contributed by atoms with E-state index in [0.29, 0.717) is 12.2 Å². The van der Waals surface area contributed by atoms with Crippen molar-refractivity contribution in [3.8, 4) is 0 Å². The molecule has 0 aliphatic rings. The summed E-state index contributed by atoms with van der Waals surface area (Å²) < 4.78 is 0.968. The number of nitrogens with one attached hydrogen (secondary N) is 2. The zero-order valence-electron chi connectivity index (χ0n) is 11.9. The molecule has 0 fully saturated rings. The number of carbonyl (C=O) groups excluding carboxylic acids is 1. The highest BCUT2D eigenvalue weighted by molar-refractivity contribution is 9.10. The average Bonchev–Trinajstić information content (AvgIpc) is 2.50.